The van der Waals surface area contributed by atoms with E-state index in [1.807, 2.05) is 6.92 Å². The van der Waals surface area contributed by atoms with E-state index in [2.05, 4.69) is 4.98 Å². The Balaban J connectivity index is 2.46. The van der Waals surface area contributed by atoms with E-state index in [-0.39, 0.29) is 17.3 Å². The highest BCUT2D eigenvalue weighted by molar-refractivity contribution is 6.30. The molecule has 0 atom stereocenters. The van der Waals surface area contributed by atoms with Crippen LogP contribution < -0.4 is 11.2 Å². The van der Waals surface area contributed by atoms with Gasteiger partial charge in [0.1, 0.15) is 5.15 Å². The number of H-pyrrole nitrogens is 1. The van der Waals surface area contributed by atoms with Crippen LogP contribution in [0.1, 0.15) is 24.5 Å². The van der Waals surface area contributed by atoms with Gasteiger partial charge in [0.25, 0.3) is 5.56 Å². The molecule has 0 saturated carbocycles. The molecule has 2 rings (SSSR count). The van der Waals surface area contributed by atoms with Crippen LogP contribution >= 0.6 is 23.2 Å². The number of hydrogen-bond acceptors (Lipinski definition) is 2. The highest BCUT2D eigenvalue weighted by Gasteiger charge is 2.12. The molecule has 20 heavy (non-hydrogen) atoms. The highest BCUT2D eigenvalue weighted by atomic mass is 35.5. The lowest BCUT2D eigenvalue weighted by Gasteiger charge is -2.08. The van der Waals surface area contributed by atoms with E-state index < -0.39 is 5.69 Å². The third kappa shape index (κ3) is 3.14. The van der Waals surface area contributed by atoms with Crippen molar-refractivity contribution in [3.63, 3.8) is 0 Å². The Kier molecular flexibility index (Phi) is 4.68. The molecule has 2 aromatic rings. The molecule has 0 spiro atoms. The lowest BCUT2D eigenvalue weighted by molar-refractivity contribution is 0.680. The number of benzene rings is 1. The van der Waals surface area contributed by atoms with Gasteiger partial charge in [0.2, 0.25) is 0 Å². The Hall–Kier alpha value is -1.52. The van der Waals surface area contributed by atoms with Crippen LogP contribution in [0.2, 0.25) is 10.2 Å². The number of halogens is 2. The molecule has 1 aromatic heterocycles. The van der Waals surface area contributed by atoms with Crippen molar-refractivity contribution in [3.8, 4) is 0 Å². The number of aromatic amines is 1. The molecule has 1 heterocycles. The minimum absolute atomic E-state index is 0.134. The fraction of sp³-hybridized carbons (Fsp3) is 0.286. The molecule has 1 N–H and O–H groups in total. The van der Waals surface area contributed by atoms with Gasteiger partial charge in [-0.3, -0.25) is 14.3 Å². The largest absolute Gasteiger partial charge is 0.329 e. The van der Waals surface area contributed by atoms with Crippen LogP contribution in [-0.4, -0.2) is 9.55 Å². The average molecular weight is 313 g/mol. The van der Waals surface area contributed by atoms with Gasteiger partial charge in [-0.1, -0.05) is 48.7 Å². The van der Waals surface area contributed by atoms with Crippen molar-refractivity contribution in [1.29, 1.82) is 0 Å². The van der Waals surface area contributed by atoms with Crippen molar-refractivity contribution < 1.29 is 0 Å². The maximum atomic E-state index is 12.3. The average Bonchev–Trinajstić information content (AvgIpc) is 2.41. The van der Waals surface area contributed by atoms with Crippen molar-refractivity contribution in [1.82, 2.24) is 9.55 Å². The smallest absolute Gasteiger partial charge is 0.297 e. The van der Waals surface area contributed by atoms with Crippen molar-refractivity contribution in [2.45, 2.75) is 26.3 Å². The summed E-state index contributed by atoms with van der Waals surface area (Å²) in [6, 6.07) is 7.00. The minimum atomic E-state index is -0.505. The fourth-order valence-electron chi connectivity index (χ4n) is 1.97. The van der Waals surface area contributed by atoms with E-state index in [1.165, 1.54) is 0 Å². The van der Waals surface area contributed by atoms with Crippen molar-refractivity contribution in [3.05, 3.63) is 66.4 Å². The van der Waals surface area contributed by atoms with Gasteiger partial charge in [-0.2, -0.15) is 0 Å². The molecular weight excluding hydrogens is 299 g/mol. The topological polar surface area (TPSA) is 54.9 Å². The first-order valence-electron chi connectivity index (χ1n) is 6.29. The summed E-state index contributed by atoms with van der Waals surface area (Å²) < 4.78 is 1.15. The van der Waals surface area contributed by atoms with Gasteiger partial charge in [-0.25, -0.2) is 4.79 Å². The third-order valence-electron chi connectivity index (χ3n) is 2.98. The lowest BCUT2D eigenvalue weighted by atomic mass is 10.2. The number of nitrogens with one attached hydrogen (secondary N) is 1. The van der Waals surface area contributed by atoms with Crippen molar-refractivity contribution in [2.24, 2.45) is 0 Å². The molecule has 0 unspecified atom stereocenters. The quantitative estimate of drug-likeness (QED) is 0.883. The molecule has 6 heteroatoms. The highest BCUT2D eigenvalue weighted by Crippen LogP contribution is 2.11. The van der Waals surface area contributed by atoms with Gasteiger partial charge >= 0.3 is 5.69 Å². The SMILES string of the molecule is CCCc1c(Cl)[nH]c(=O)n(Cc2ccc(Cl)cc2)c1=O. The summed E-state index contributed by atoms with van der Waals surface area (Å²) in [4.78, 5) is 26.7. The standard InChI is InChI=1S/C14H14Cl2N2O2/c1-2-3-11-12(16)17-14(20)18(13(11)19)8-9-4-6-10(15)7-5-9/h4-7H,2-3,8H2,1H3,(H,17,20). The Labute approximate surface area is 126 Å². The second-order valence-corrected chi connectivity index (χ2v) is 5.30. The van der Waals surface area contributed by atoms with Gasteiger partial charge in [0.05, 0.1) is 12.1 Å². The Morgan fingerprint density at radius 2 is 1.80 bits per heavy atom. The van der Waals surface area contributed by atoms with E-state index in [0.29, 0.717) is 17.0 Å². The summed E-state index contributed by atoms with van der Waals surface area (Å²) in [6.07, 6.45) is 1.32. The van der Waals surface area contributed by atoms with Crippen LogP contribution in [0.4, 0.5) is 0 Å². The summed E-state index contributed by atoms with van der Waals surface area (Å²) >= 11 is 11.7. The normalized spacial score (nSPS) is 10.8. The first kappa shape index (κ1) is 14.9. The summed E-state index contributed by atoms with van der Waals surface area (Å²) in [5, 5.41) is 0.743. The molecule has 0 bridgehead atoms. The lowest BCUT2D eigenvalue weighted by Crippen LogP contribution is -2.37. The summed E-state index contributed by atoms with van der Waals surface area (Å²) in [5.41, 5.74) is 0.430. The van der Waals surface area contributed by atoms with Crippen LogP contribution in [0, 0.1) is 0 Å². The predicted octanol–water partition coefficient (Wildman–Crippen LogP) is 2.84. The van der Waals surface area contributed by atoms with Crippen LogP contribution in [0.3, 0.4) is 0 Å². The van der Waals surface area contributed by atoms with Gasteiger partial charge in [0, 0.05) is 5.02 Å². The second-order valence-electron chi connectivity index (χ2n) is 4.49. The Morgan fingerprint density at radius 1 is 1.15 bits per heavy atom. The van der Waals surface area contributed by atoms with Gasteiger partial charge < -0.3 is 0 Å². The van der Waals surface area contributed by atoms with Crippen molar-refractivity contribution >= 4 is 23.2 Å². The Bertz CT molecular complexity index is 717. The van der Waals surface area contributed by atoms with E-state index in [4.69, 9.17) is 23.2 Å². The second kappa shape index (κ2) is 6.29. The molecule has 0 amide bonds. The number of hydrogen-bond donors (Lipinski definition) is 1. The van der Waals surface area contributed by atoms with Crippen LogP contribution in [0.25, 0.3) is 0 Å². The van der Waals surface area contributed by atoms with Crippen molar-refractivity contribution in [2.75, 3.05) is 0 Å². The third-order valence-corrected chi connectivity index (χ3v) is 3.56. The summed E-state index contributed by atoms with van der Waals surface area (Å²) in [6.45, 7) is 2.14. The van der Waals surface area contributed by atoms with Gasteiger partial charge in [-0.15, -0.1) is 0 Å². The maximum absolute atomic E-state index is 12.3. The molecule has 0 aliphatic rings. The number of nitrogens with zero attached hydrogens (tertiary/aromatic N) is 1. The first-order chi connectivity index (χ1) is 9.52. The fourth-order valence-corrected chi connectivity index (χ4v) is 2.35. The first-order valence-corrected chi connectivity index (χ1v) is 7.04. The molecule has 0 saturated heterocycles. The van der Waals surface area contributed by atoms with E-state index in [9.17, 15) is 9.59 Å². The van der Waals surface area contributed by atoms with E-state index in [1.54, 1.807) is 24.3 Å². The summed E-state index contributed by atoms with van der Waals surface area (Å²) in [7, 11) is 0. The van der Waals surface area contributed by atoms with Crippen LogP contribution in [-0.2, 0) is 13.0 Å². The number of rotatable bonds is 4. The maximum Gasteiger partial charge on any atom is 0.329 e. The molecular formula is C14H14Cl2N2O2. The molecule has 1 aromatic carbocycles. The molecule has 0 aliphatic carbocycles. The molecule has 0 fully saturated rings. The van der Waals surface area contributed by atoms with Gasteiger partial charge in [-0.05, 0) is 24.1 Å². The van der Waals surface area contributed by atoms with Crippen LogP contribution in [0.15, 0.2) is 33.9 Å². The minimum Gasteiger partial charge on any atom is -0.297 e. The van der Waals surface area contributed by atoms with E-state index in [0.717, 1.165) is 16.6 Å². The molecule has 4 nitrogen and oxygen atoms in total. The molecule has 0 radical (unpaired) electrons. The Morgan fingerprint density at radius 3 is 2.40 bits per heavy atom. The molecule has 106 valence electrons. The van der Waals surface area contributed by atoms with Crippen LogP contribution in [0.5, 0.6) is 0 Å². The van der Waals surface area contributed by atoms with E-state index >= 15 is 0 Å². The summed E-state index contributed by atoms with van der Waals surface area (Å²) in [5.74, 6) is 0. The zero-order chi connectivity index (χ0) is 14.7. The number of aromatic nitrogens is 2. The van der Waals surface area contributed by atoms with Gasteiger partial charge in [0.15, 0.2) is 0 Å². The predicted molar refractivity (Wildman–Crippen MR) is 80.9 cm³/mol. The zero-order valence-corrected chi connectivity index (χ0v) is 12.5. The zero-order valence-electron chi connectivity index (χ0n) is 11.0. The monoisotopic (exact) mass is 312 g/mol. The molecule has 0 aliphatic heterocycles.